The van der Waals surface area contributed by atoms with Gasteiger partial charge in [-0.1, -0.05) is 66.7 Å². The number of carbonyl (C=O) groups excluding carboxylic acids is 2. The van der Waals surface area contributed by atoms with Crippen molar-refractivity contribution in [3.63, 3.8) is 0 Å². The van der Waals surface area contributed by atoms with Gasteiger partial charge in [0.25, 0.3) is 11.8 Å². The molecule has 6 aromatic rings. The summed E-state index contributed by atoms with van der Waals surface area (Å²) in [7, 11) is 0. The van der Waals surface area contributed by atoms with Crippen molar-refractivity contribution in [1.82, 2.24) is 0 Å². The zero-order valence-corrected chi connectivity index (χ0v) is 21.4. The van der Waals surface area contributed by atoms with Crippen LogP contribution in [0.1, 0.15) is 26.3 Å². The molecule has 0 aliphatic carbocycles. The number of alkyl halides is 3. The van der Waals surface area contributed by atoms with E-state index in [1.54, 1.807) is 18.2 Å². The Morgan fingerprint density at radius 2 is 0.927 bits per heavy atom. The van der Waals surface area contributed by atoms with Crippen LogP contribution in [0.3, 0.4) is 0 Å². The van der Waals surface area contributed by atoms with Crippen molar-refractivity contribution >= 4 is 39.0 Å². The number of anilines is 1. The van der Waals surface area contributed by atoms with Crippen molar-refractivity contribution < 1.29 is 22.8 Å². The molecule has 2 amide bonds. The second kappa shape index (κ2) is 9.17. The minimum absolute atomic E-state index is 0.0960. The minimum Gasteiger partial charge on any atom is -0.268 e. The summed E-state index contributed by atoms with van der Waals surface area (Å²) >= 11 is 0. The van der Waals surface area contributed by atoms with E-state index in [-0.39, 0.29) is 16.8 Å². The molecule has 1 aliphatic heterocycles. The second-order valence-electron chi connectivity index (χ2n) is 10.1. The maximum Gasteiger partial charge on any atom is 0.416 e. The molecule has 0 bridgehead atoms. The first kappa shape index (κ1) is 24.8. The Labute approximate surface area is 233 Å². The van der Waals surface area contributed by atoms with E-state index in [0.717, 1.165) is 62.2 Å². The molecule has 0 spiro atoms. The van der Waals surface area contributed by atoms with Gasteiger partial charge in [-0.15, -0.1) is 0 Å². The van der Waals surface area contributed by atoms with Gasteiger partial charge in [0.2, 0.25) is 0 Å². The molecule has 0 saturated carbocycles. The standard InChI is InChI=1S/C35H20F3NO2/c36-35(37,38)29-12-14-30(15-13-29)39-33(40)31-16-11-28(20-32(31)34(39)41)27-10-9-25-18-24(7-8-26(25)19-27)23-6-5-21-3-1-2-4-22(21)17-23/h1-20H. The van der Waals surface area contributed by atoms with E-state index in [1.165, 1.54) is 10.8 Å². The summed E-state index contributed by atoms with van der Waals surface area (Å²) in [5.41, 5.74) is 3.58. The smallest absolute Gasteiger partial charge is 0.268 e. The van der Waals surface area contributed by atoms with Crippen LogP contribution in [0.25, 0.3) is 43.8 Å². The summed E-state index contributed by atoms with van der Waals surface area (Å²) in [6.45, 7) is 0. The number of carbonyl (C=O) groups is 2. The molecule has 3 nitrogen and oxygen atoms in total. The van der Waals surface area contributed by atoms with E-state index in [0.29, 0.717) is 0 Å². The Bertz CT molecular complexity index is 2030. The maximum absolute atomic E-state index is 13.2. The summed E-state index contributed by atoms with van der Waals surface area (Å²) < 4.78 is 38.9. The maximum atomic E-state index is 13.2. The zero-order chi connectivity index (χ0) is 28.3. The van der Waals surface area contributed by atoms with Gasteiger partial charge in [0.05, 0.1) is 22.4 Å². The monoisotopic (exact) mass is 543 g/mol. The Morgan fingerprint density at radius 3 is 1.51 bits per heavy atom. The molecule has 0 saturated heterocycles. The van der Waals surface area contributed by atoms with E-state index in [9.17, 15) is 22.8 Å². The Kier molecular flexibility index (Phi) is 5.54. The van der Waals surface area contributed by atoms with Crippen LogP contribution in [0.2, 0.25) is 0 Å². The molecular formula is C35H20F3NO2. The highest BCUT2D eigenvalue weighted by molar-refractivity contribution is 6.34. The summed E-state index contributed by atoms with van der Waals surface area (Å²) in [4.78, 5) is 27.2. The van der Waals surface area contributed by atoms with Gasteiger partial charge in [-0.05, 0) is 98.4 Å². The number of hydrogen-bond donors (Lipinski definition) is 0. The lowest BCUT2D eigenvalue weighted by Gasteiger charge is -2.15. The minimum atomic E-state index is -4.51. The van der Waals surface area contributed by atoms with Gasteiger partial charge in [0.1, 0.15) is 0 Å². The number of halogens is 3. The highest BCUT2D eigenvalue weighted by Gasteiger charge is 2.37. The van der Waals surface area contributed by atoms with Crippen LogP contribution in [-0.4, -0.2) is 11.8 Å². The number of rotatable bonds is 3. The predicted molar refractivity (Wildman–Crippen MR) is 155 cm³/mol. The number of nitrogens with zero attached hydrogens (tertiary/aromatic N) is 1. The summed E-state index contributed by atoms with van der Waals surface area (Å²) in [6.07, 6.45) is -4.51. The molecule has 7 rings (SSSR count). The van der Waals surface area contributed by atoms with Gasteiger partial charge in [0, 0.05) is 0 Å². The molecule has 1 heterocycles. The van der Waals surface area contributed by atoms with E-state index in [2.05, 4.69) is 48.5 Å². The fourth-order valence-electron chi connectivity index (χ4n) is 5.43. The molecule has 6 aromatic carbocycles. The van der Waals surface area contributed by atoms with Crippen LogP contribution >= 0.6 is 0 Å². The van der Waals surface area contributed by atoms with Crippen molar-refractivity contribution in [1.29, 1.82) is 0 Å². The Hall–Kier alpha value is -5.23. The van der Waals surface area contributed by atoms with Crippen LogP contribution in [0.15, 0.2) is 121 Å². The number of benzene rings is 6. The second-order valence-corrected chi connectivity index (χ2v) is 10.1. The first-order valence-electron chi connectivity index (χ1n) is 13.0. The van der Waals surface area contributed by atoms with Gasteiger partial charge in [0.15, 0.2) is 0 Å². The molecule has 0 radical (unpaired) electrons. The van der Waals surface area contributed by atoms with Crippen molar-refractivity contribution in [2.24, 2.45) is 0 Å². The van der Waals surface area contributed by atoms with Gasteiger partial charge in [-0.2, -0.15) is 13.2 Å². The quantitative estimate of drug-likeness (QED) is 0.209. The number of imide groups is 1. The molecule has 0 atom stereocenters. The van der Waals surface area contributed by atoms with Gasteiger partial charge in [-0.25, -0.2) is 4.90 Å². The first-order valence-corrected chi connectivity index (χ1v) is 13.0. The molecule has 41 heavy (non-hydrogen) atoms. The Balaban J connectivity index is 1.19. The van der Waals surface area contributed by atoms with Crippen molar-refractivity contribution in [3.05, 3.63) is 138 Å². The average Bonchev–Trinajstić information content (AvgIpc) is 3.24. The number of fused-ring (bicyclic) bond motifs is 3. The van der Waals surface area contributed by atoms with Gasteiger partial charge >= 0.3 is 6.18 Å². The van der Waals surface area contributed by atoms with Crippen molar-refractivity contribution in [2.75, 3.05) is 4.90 Å². The van der Waals surface area contributed by atoms with Gasteiger partial charge in [-0.3, -0.25) is 9.59 Å². The molecule has 1 aliphatic rings. The SMILES string of the molecule is O=C1c2ccc(-c3ccc4cc(-c5ccc6ccccc6c5)ccc4c3)cc2C(=O)N1c1ccc(C(F)(F)F)cc1. The van der Waals surface area contributed by atoms with E-state index in [1.807, 2.05) is 30.3 Å². The lowest BCUT2D eigenvalue weighted by atomic mass is 9.95. The summed E-state index contributed by atoms with van der Waals surface area (Å²) in [5, 5.41) is 4.47. The highest BCUT2D eigenvalue weighted by Crippen LogP contribution is 2.36. The molecule has 0 aromatic heterocycles. The molecule has 6 heteroatoms. The van der Waals surface area contributed by atoms with Crippen molar-refractivity contribution in [3.8, 4) is 22.3 Å². The summed E-state index contributed by atoms with van der Waals surface area (Å²) in [5.74, 6) is -1.12. The molecule has 198 valence electrons. The average molecular weight is 544 g/mol. The Morgan fingerprint density at radius 1 is 0.463 bits per heavy atom. The first-order chi connectivity index (χ1) is 19.8. The third kappa shape index (κ3) is 4.25. The number of amides is 2. The van der Waals surface area contributed by atoms with Crippen LogP contribution in [-0.2, 0) is 6.18 Å². The van der Waals surface area contributed by atoms with E-state index in [4.69, 9.17) is 0 Å². The summed E-state index contributed by atoms with van der Waals surface area (Å²) in [6, 6.07) is 36.1. The molecule has 0 fully saturated rings. The van der Waals surface area contributed by atoms with Crippen LogP contribution in [0.4, 0.5) is 18.9 Å². The zero-order valence-electron chi connectivity index (χ0n) is 21.4. The molecule has 0 unspecified atom stereocenters. The third-order valence-corrected chi connectivity index (χ3v) is 7.60. The van der Waals surface area contributed by atoms with Crippen LogP contribution < -0.4 is 4.90 Å². The molecule has 0 N–H and O–H groups in total. The normalized spacial score (nSPS) is 13.3. The van der Waals surface area contributed by atoms with Crippen LogP contribution in [0.5, 0.6) is 0 Å². The fourth-order valence-corrected chi connectivity index (χ4v) is 5.43. The lowest BCUT2D eigenvalue weighted by molar-refractivity contribution is -0.137. The highest BCUT2D eigenvalue weighted by atomic mass is 19.4. The molecular weight excluding hydrogens is 523 g/mol. The number of hydrogen-bond acceptors (Lipinski definition) is 2. The van der Waals surface area contributed by atoms with Crippen molar-refractivity contribution in [2.45, 2.75) is 6.18 Å². The predicted octanol–water partition coefficient (Wildman–Crippen LogP) is 9.15. The largest absolute Gasteiger partial charge is 0.416 e. The third-order valence-electron chi connectivity index (χ3n) is 7.60. The topological polar surface area (TPSA) is 37.4 Å². The van der Waals surface area contributed by atoms with E-state index < -0.39 is 23.6 Å². The van der Waals surface area contributed by atoms with Gasteiger partial charge < -0.3 is 0 Å². The van der Waals surface area contributed by atoms with Crippen LogP contribution in [0, 0.1) is 0 Å². The van der Waals surface area contributed by atoms with E-state index >= 15 is 0 Å². The fraction of sp³-hybridized carbons (Fsp3) is 0.0286. The lowest BCUT2D eigenvalue weighted by Crippen LogP contribution is -2.29.